The van der Waals surface area contributed by atoms with Crippen molar-refractivity contribution in [1.82, 2.24) is 9.55 Å². The van der Waals surface area contributed by atoms with Crippen LogP contribution in [0.2, 0.25) is 0 Å². The van der Waals surface area contributed by atoms with Gasteiger partial charge in [0.05, 0.1) is 11.0 Å². The summed E-state index contributed by atoms with van der Waals surface area (Å²) in [7, 11) is 0. The highest BCUT2D eigenvalue weighted by Crippen LogP contribution is 2.35. The summed E-state index contributed by atoms with van der Waals surface area (Å²) in [5.74, 6) is 0.788. The molecule has 5 rings (SSSR count). The fourth-order valence-corrected chi connectivity index (χ4v) is 4.49. The SMILES string of the molecule is Cc1cccc(N2C[C@H](c3nc4ccccc4n3Cc3ccc(F)cc3)CC2=O)c1C. The number of hydrogen-bond donors (Lipinski definition) is 0. The van der Waals surface area contributed by atoms with E-state index in [0.29, 0.717) is 19.5 Å². The minimum Gasteiger partial charge on any atom is -0.323 e. The molecule has 31 heavy (non-hydrogen) atoms. The Kier molecular flexibility index (Phi) is 4.81. The van der Waals surface area contributed by atoms with Crippen LogP contribution >= 0.6 is 0 Å². The highest BCUT2D eigenvalue weighted by atomic mass is 19.1. The molecule has 0 saturated carbocycles. The molecule has 0 N–H and O–H groups in total. The number of aryl methyl sites for hydroxylation is 1. The van der Waals surface area contributed by atoms with Gasteiger partial charge in [-0.1, -0.05) is 36.4 Å². The number of benzene rings is 3. The molecular formula is C26H24FN3O. The maximum absolute atomic E-state index is 13.4. The first-order chi connectivity index (χ1) is 15.0. The second-order valence-electron chi connectivity index (χ2n) is 8.30. The first-order valence-corrected chi connectivity index (χ1v) is 10.6. The summed E-state index contributed by atoms with van der Waals surface area (Å²) >= 11 is 0. The van der Waals surface area contributed by atoms with Gasteiger partial charge in [-0.25, -0.2) is 9.37 Å². The maximum Gasteiger partial charge on any atom is 0.227 e. The molecule has 3 aromatic carbocycles. The van der Waals surface area contributed by atoms with Crippen molar-refractivity contribution in [3.63, 3.8) is 0 Å². The summed E-state index contributed by atoms with van der Waals surface area (Å²) in [6, 6.07) is 20.7. The molecule has 1 atom stereocenters. The first-order valence-electron chi connectivity index (χ1n) is 10.6. The largest absolute Gasteiger partial charge is 0.323 e. The molecule has 1 aromatic heterocycles. The fraction of sp³-hybridized carbons (Fsp3) is 0.231. The van der Waals surface area contributed by atoms with Gasteiger partial charge in [0.2, 0.25) is 5.91 Å². The molecule has 4 nitrogen and oxygen atoms in total. The molecule has 0 spiro atoms. The Bertz CT molecular complexity index is 1280. The van der Waals surface area contributed by atoms with E-state index >= 15 is 0 Å². The average Bonchev–Trinajstić information content (AvgIpc) is 3.32. The average molecular weight is 413 g/mol. The number of hydrogen-bond acceptors (Lipinski definition) is 2. The number of anilines is 1. The van der Waals surface area contributed by atoms with E-state index in [0.717, 1.165) is 33.7 Å². The molecule has 156 valence electrons. The van der Waals surface area contributed by atoms with E-state index in [4.69, 9.17) is 4.98 Å². The third-order valence-electron chi connectivity index (χ3n) is 6.30. The lowest BCUT2D eigenvalue weighted by atomic mass is 10.1. The van der Waals surface area contributed by atoms with Crippen LogP contribution in [0.5, 0.6) is 0 Å². The Morgan fingerprint density at radius 2 is 1.77 bits per heavy atom. The number of aromatic nitrogens is 2. The van der Waals surface area contributed by atoms with Crippen molar-refractivity contribution >= 4 is 22.6 Å². The number of para-hydroxylation sites is 2. The van der Waals surface area contributed by atoms with Crippen LogP contribution in [0.25, 0.3) is 11.0 Å². The van der Waals surface area contributed by atoms with Crippen molar-refractivity contribution in [2.24, 2.45) is 0 Å². The number of fused-ring (bicyclic) bond motifs is 1. The van der Waals surface area contributed by atoms with E-state index < -0.39 is 0 Å². The summed E-state index contributed by atoms with van der Waals surface area (Å²) in [6.07, 6.45) is 0.431. The predicted molar refractivity (Wildman–Crippen MR) is 121 cm³/mol. The quantitative estimate of drug-likeness (QED) is 0.452. The van der Waals surface area contributed by atoms with Crippen LogP contribution in [0, 0.1) is 19.7 Å². The van der Waals surface area contributed by atoms with Crippen molar-refractivity contribution in [1.29, 1.82) is 0 Å². The maximum atomic E-state index is 13.4. The second kappa shape index (κ2) is 7.65. The molecule has 0 aliphatic carbocycles. The lowest BCUT2D eigenvalue weighted by molar-refractivity contribution is -0.117. The highest BCUT2D eigenvalue weighted by molar-refractivity contribution is 5.97. The van der Waals surface area contributed by atoms with E-state index in [1.165, 1.54) is 17.7 Å². The molecule has 4 aromatic rings. The Morgan fingerprint density at radius 1 is 1.00 bits per heavy atom. The summed E-state index contributed by atoms with van der Waals surface area (Å²) in [5.41, 5.74) is 6.24. The van der Waals surface area contributed by atoms with Crippen molar-refractivity contribution in [3.05, 3.63) is 95.1 Å². The predicted octanol–water partition coefficient (Wildman–Crippen LogP) is 5.36. The normalized spacial score (nSPS) is 16.4. The van der Waals surface area contributed by atoms with Gasteiger partial charge in [-0.3, -0.25) is 4.79 Å². The van der Waals surface area contributed by atoms with Gasteiger partial charge in [-0.2, -0.15) is 0 Å². The number of rotatable bonds is 4. The molecule has 0 radical (unpaired) electrons. The molecule has 1 fully saturated rings. The molecule has 1 aliphatic heterocycles. The van der Waals surface area contributed by atoms with Crippen molar-refractivity contribution in [2.45, 2.75) is 32.7 Å². The Morgan fingerprint density at radius 3 is 2.58 bits per heavy atom. The van der Waals surface area contributed by atoms with E-state index in [-0.39, 0.29) is 17.6 Å². The molecule has 2 heterocycles. The zero-order valence-corrected chi connectivity index (χ0v) is 17.7. The van der Waals surface area contributed by atoms with Gasteiger partial charge in [0, 0.05) is 31.1 Å². The molecule has 5 heteroatoms. The summed E-state index contributed by atoms with van der Waals surface area (Å²) in [6.45, 7) is 5.33. The smallest absolute Gasteiger partial charge is 0.227 e. The Labute approximate surface area is 181 Å². The third kappa shape index (κ3) is 3.50. The minimum absolute atomic E-state index is 0.000241. The van der Waals surface area contributed by atoms with Gasteiger partial charge in [-0.15, -0.1) is 0 Å². The molecule has 0 bridgehead atoms. The van der Waals surface area contributed by atoms with Crippen molar-refractivity contribution in [2.75, 3.05) is 11.4 Å². The van der Waals surface area contributed by atoms with Crippen LogP contribution in [-0.2, 0) is 11.3 Å². The monoisotopic (exact) mass is 413 g/mol. The number of amides is 1. The number of halogens is 1. The third-order valence-corrected chi connectivity index (χ3v) is 6.30. The zero-order chi connectivity index (χ0) is 21.5. The second-order valence-corrected chi connectivity index (χ2v) is 8.30. The van der Waals surface area contributed by atoms with Gasteiger partial charge >= 0.3 is 0 Å². The van der Waals surface area contributed by atoms with E-state index in [1.54, 1.807) is 12.1 Å². The Hall–Kier alpha value is -3.47. The van der Waals surface area contributed by atoms with Gasteiger partial charge in [0.15, 0.2) is 0 Å². The van der Waals surface area contributed by atoms with Crippen LogP contribution in [0.1, 0.15) is 34.9 Å². The molecular weight excluding hydrogens is 389 g/mol. The van der Waals surface area contributed by atoms with E-state index in [2.05, 4.69) is 30.5 Å². The molecule has 0 unspecified atom stereocenters. The van der Waals surface area contributed by atoms with Crippen molar-refractivity contribution < 1.29 is 9.18 Å². The van der Waals surface area contributed by atoms with E-state index in [1.807, 2.05) is 35.2 Å². The lowest BCUT2D eigenvalue weighted by Gasteiger charge is -2.20. The standard InChI is InChI=1S/C26H24FN3O/c1-17-6-5-9-23(18(17)2)29-16-20(14-25(29)31)26-28-22-7-3-4-8-24(22)30(26)15-19-10-12-21(27)13-11-19/h3-13,20H,14-16H2,1-2H3/t20-/m1/s1. The number of nitrogens with zero attached hydrogens (tertiary/aromatic N) is 3. The molecule has 1 amide bonds. The van der Waals surface area contributed by atoms with Crippen LogP contribution in [-0.4, -0.2) is 22.0 Å². The van der Waals surface area contributed by atoms with Gasteiger partial charge < -0.3 is 9.47 Å². The summed E-state index contributed by atoms with van der Waals surface area (Å²) < 4.78 is 15.6. The topological polar surface area (TPSA) is 38.1 Å². The number of carbonyl (C=O) groups is 1. The van der Waals surface area contributed by atoms with Crippen LogP contribution in [0.3, 0.4) is 0 Å². The summed E-state index contributed by atoms with van der Waals surface area (Å²) in [5, 5.41) is 0. The van der Waals surface area contributed by atoms with Gasteiger partial charge in [-0.05, 0) is 60.9 Å². The number of imidazole rings is 1. The summed E-state index contributed by atoms with van der Waals surface area (Å²) in [4.78, 5) is 19.8. The molecule has 1 aliphatic rings. The fourth-order valence-electron chi connectivity index (χ4n) is 4.49. The first kappa shape index (κ1) is 19.5. The van der Waals surface area contributed by atoms with Gasteiger partial charge in [0.1, 0.15) is 11.6 Å². The Balaban J connectivity index is 1.53. The molecule has 1 saturated heterocycles. The van der Waals surface area contributed by atoms with Crippen LogP contribution in [0.4, 0.5) is 10.1 Å². The van der Waals surface area contributed by atoms with Crippen molar-refractivity contribution in [3.8, 4) is 0 Å². The highest BCUT2D eigenvalue weighted by Gasteiger charge is 2.35. The van der Waals surface area contributed by atoms with Gasteiger partial charge in [0.25, 0.3) is 0 Å². The van der Waals surface area contributed by atoms with Crippen LogP contribution in [0.15, 0.2) is 66.7 Å². The van der Waals surface area contributed by atoms with E-state index in [9.17, 15) is 9.18 Å². The zero-order valence-electron chi connectivity index (χ0n) is 17.7. The lowest BCUT2D eigenvalue weighted by Crippen LogP contribution is -2.25. The minimum atomic E-state index is -0.245. The number of carbonyl (C=O) groups excluding carboxylic acids is 1. The van der Waals surface area contributed by atoms with Crippen LogP contribution < -0.4 is 4.90 Å².